The van der Waals surface area contributed by atoms with Crippen LogP contribution in [0.2, 0.25) is 0 Å². The number of aromatic amines is 1. The lowest BCUT2D eigenvalue weighted by atomic mass is 9.88. The van der Waals surface area contributed by atoms with Crippen LogP contribution in [-0.4, -0.2) is 64.9 Å². The minimum absolute atomic E-state index is 0.0689. The first-order valence-electron chi connectivity index (χ1n) is 20.9. The average molecular weight is 773 g/mol. The van der Waals surface area contributed by atoms with Crippen molar-refractivity contribution in [3.05, 3.63) is 144 Å². The number of rotatable bonds is 16. The smallest absolute Gasteiger partial charge is 0.155 e. The molecule has 1 fully saturated rings. The molecule has 1 saturated heterocycles. The summed E-state index contributed by atoms with van der Waals surface area (Å²) >= 11 is 0. The zero-order valence-corrected chi connectivity index (χ0v) is 35.2. The standard InChI is InChI=1S/C50H60N8/c1-9-10-11-44(34(3)51-8)40-14-12-36(13-15-40)22-25-58-26-23-39(24-27-58)37-16-18-38(19-17-37)43-29-45-47(56-57-48(45)53-31-43)41-20-21-42(33(2)28-41)30-52-35(4)46-32-54-49(55-46)50(5,6)7/h9,12-21,28-29,31,39,44,51-52H,1,3-4,10-11,22-27,30,32H2,2,5-8H3,(H,53,56,57). The second-order valence-corrected chi connectivity index (χ2v) is 17.0. The van der Waals surface area contributed by atoms with Crippen LogP contribution in [0.3, 0.4) is 0 Å². The summed E-state index contributed by atoms with van der Waals surface area (Å²) in [5, 5.41) is 15.6. The van der Waals surface area contributed by atoms with Crippen molar-refractivity contribution in [2.45, 2.75) is 78.2 Å². The number of aromatic nitrogens is 3. The highest BCUT2D eigenvalue weighted by atomic mass is 15.1. The molecule has 0 spiro atoms. The molecule has 58 heavy (non-hydrogen) atoms. The fourth-order valence-electron chi connectivity index (χ4n) is 8.19. The quantitative estimate of drug-likeness (QED) is 0.0869. The molecule has 3 N–H and O–H groups in total. The van der Waals surface area contributed by atoms with Crippen molar-refractivity contribution in [2.24, 2.45) is 15.4 Å². The maximum Gasteiger partial charge on any atom is 0.155 e. The molecule has 2 aromatic heterocycles. The van der Waals surface area contributed by atoms with Crippen LogP contribution in [0.15, 0.2) is 126 Å². The van der Waals surface area contributed by atoms with E-state index in [2.05, 4.69) is 146 Å². The normalized spacial score (nSPS) is 15.5. The first-order valence-corrected chi connectivity index (χ1v) is 20.9. The van der Waals surface area contributed by atoms with Gasteiger partial charge in [-0.25, -0.2) is 9.98 Å². The highest BCUT2D eigenvalue weighted by Crippen LogP contribution is 2.33. The van der Waals surface area contributed by atoms with Gasteiger partial charge in [-0.15, -0.1) is 6.58 Å². The first kappa shape index (κ1) is 40.6. The van der Waals surface area contributed by atoms with Gasteiger partial charge < -0.3 is 15.5 Å². The summed E-state index contributed by atoms with van der Waals surface area (Å²) in [5.74, 6) is 1.78. The molecule has 4 heterocycles. The summed E-state index contributed by atoms with van der Waals surface area (Å²) in [7, 11) is 1.96. The molecule has 0 saturated carbocycles. The number of fused-ring (bicyclic) bond motifs is 1. The van der Waals surface area contributed by atoms with Gasteiger partial charge in [0.2, 0.25) is 0 Å². The minimum Gasteiger partial charge on any atom is -0.391 e. The number of piperidine rings is 1. The van der Waals surface area contributed by atoms with E-state index in [0.29, 0.717) is 24.9 Å². The number of benzene rings is 3. The summed E-state index contributed by atoms with van der Waals surface area (Å²) in [5.41, 5.74) is 14.3. The number of allylic oxidation sites excluding steroid dienone is 2. The van der Waals surface area contributed by atoms with E-state index in [0.717, 1.165) is 89.7 Å². The molecule has 1 unspecified atom stereocenters. The number of aliphatic imine (C=N–C) groups is 2. The first-order chi connectivity index (χ1) is 28.0. The maximum atomic E-state index is 4.77. The fourth-order valence-corrected chi connectivity index (χ4v) is 8.19. The second kappa shape index (κ2) is 17.9. The molecule has 0 amide bonds. The molecule has 8 nitrogen and oxygen atoms in total. The van der Waals surface area contributed by atoms with E-state index in [-0.39, 0.29) is 5.41 Å². The number of aryl methyl sites for hydroxylation is 1. The van der Waals surface area contributed by atoms with E-state index in [1.165, 1.54) is 46.2 Å². The van der Waals surface area contributed by atoms with Gasteiger partial charge in [0.15, 0.2) is 5.65 Å². The second-order valence-electron chi connectivity index (χ2n) is 17.0. The Labute approximate surface area is 345 Å². The Bertz CT molecular complexity index is 2310. The summed E-state index contributed by atoms with van der Waals surface area (Å²) in [6, 6.07) is 27.1. The Morgan fingerprint density at radius 2 is 1.71 bits per heavy atom. The predicted octanol–water partition coefficient (Wildman–Crippen LogP) is 10.3. The van der Waals surface area contributed by atoms with Crippen molar-refractivity contribution >= 4 is 22.6 Å². The lowest BCUT2D eigenvalue weighted by molar-refractivity contribution is 0.214. The molecule has 0 aliphatic carbocycles. The van der Waals surface area contributed by atoms with Gasteiger partial charge >= 0.3 is 0 Å². The van der Waals surface area contributed by atoms with Gasteiger partial charge in [0, 0.05) is 59.9 Å². The molecule has 0 radical (unpaired) electrons. The predicted molar refractivity (Wildman–Crippen MR) is 244 cm³/mol. The molecule has 1 atom stereocenters. The van der Waals surface area contributed by atoms with E-state index < -0.39 is 0 Å². The van der Waals surface area contributed by atoms with E-state index in [1.807, 2.05) is 19.3 Å². The Hall–Kier alpha value is -5.60. The number of likely N-dealkylation sites (N-methyl/N-ethyl adjacent to an activating group) is 1. The number of pyridine rings is 1. The lowest BCUT2D eigenvalue weighted by Crippen LogP contribution is -2.34. The zero-order chi connectivity index (χ0) is 40.8. The van der Waals surface area contributed by atoms with Gasteiger partial charge in [0.25, 0.3) is 0 Å². The summed E-state index contributed by atoms with van der Waals surface area (Å²) < 4.78 is 0. The third kappa shape index (κ3) is 9.40. The van der Waals surface area contributed by atoms with Gasteiger partial charge in [-0.3, -0.25) is 10.1 Å². The van der Waals surface area contributed by atoms with Crippen LogP contribution in [0.25, 0.3) is 33.4 Å². The monoisotopic (exact) mass is 772 g/mol. The molecule has 2 aliphatic heterocycles. The Kier molecular flexibility index (Phi) is 12.5. The molecule has 0 bridgehead atoms. The highest BCUT2D eigenvalue weighted by molar-refractivity contribution is 6.12. The van der Waals surface area contributed by atoms with Crippen LogP contribution in [-0.2, 0) is 13.0 Å². The Balaban J connectivity index is 0.928. The van der Waals surface area contributed by atoms with E-state index in [9.17, 15) is 0 Å². The highest BCUT2D eigenvalue weighted by Gasteiger charge is 2.24. The largest absolute Gasteiger partial charge is 0.391 e. The van der Waals surface area contributed by atoms with E-state index >= 15 is 0 Å². The number of nitrogens with one attached hydrogen (secondary N) is 3. The van der Waals surface area contributed by atoms with Crippen LogP contribution >= 0.6 is 0 Å². The number of H-pyrrole nitrogens is 1. The number of hydrogen-bond donors (Lipinski definition) is 3. The van der Waals surface area contributed by atoms with Gasteiger partial charge in [0.1, 0.15) is 11.5 Å². The fraction of sp³-hybridized carbons (Fsp3) is 0.360. The minimum atomic E-state index is -0.0689. The number of nitrogens with zero attached hydrogens (tertiary/aromatic N) is 5. The summed E-state index contributed by atoms with van der Waals surface area (Å²) in [6.45, 7) is 25.6. The lowest BCUT2D eigenvalue weighted by Gasteiger charge is -2.32. The third-order valence-electron chi connectivity index (χ3n) is 12.0. The van der Waals surface area contributed by atoms with Gasteiger partial charge in [-0.05, 0) is 104 Å². The Morgan fingerprint density at radius 3 is 2.38 bits per heavy atom. The molecule has 2 aliphatic rings. The van der Waals surface area contributed by atoms with Crippen LogP contribution in [0.1, 0.15) is 86.1 Å². The van der Waals surface area contributed by atoms with E-state index in [1.54, 1.807) is 0 Å². The van der Waals surface area contributed by atoms with Crippen LogP contribution < -0.4 is 10.6 Å². The van der Waals surface area contributed by atoms with Crippen LogP contribution in [0.4, 0.5) is 0 Å². The zero-order valence-electron chi connectivity index (χ0n) is 35.2. The molecule has 300 valence electrons. The topological polar surface area (TPSA) is 93.6 Å². The molecular weight excluding hydrogens is 713 g/mol. The molecular formula is C50H60N8. The van der Waals surface area contributed by atoms with Crippen LogP contribution in [0.5, 0.6) is 0 Å². The molecule has 8 heteroatoms. The van der Waals surface area contributed by atoms with Crippen LogP contribution in [0, 0.1) is 12.3 Å². The van der Waals surface area contributed by atoms with Crippen molar-refractivity contribution in [1.82, 2.24) is 30.7 Å². The number of amidine groups is 1. The summed E-state index contributed by atoms with van der Waals surface area (Å²) in [4.78, 5) is 16.8. The van der Waals surface area contributed by atoms with Gasteiger partial charge in [-0.2, -0.15) is 5.10 Å². The molecule has 5 aromatic rings. The van der Waals surface area contributed by atoms with Gasteiger partial charge in [-0.1, -0.05) is 101 Å². The molecule has 7 rings (SSSR count). The third-order valence-corrected chi connectivity index (χ3v) is 12.0. The van der Waals surface area contributed by atoms with Crippen molar-refractivity contribution in [2.75, 3.05) is 33.2 Å². The Morgan fingerprint density at radius 1 is 0.966 bits per heavy atom. The van der Waals surface area contributed by atoms with Crippen molar-refractivity contribution in [1.29, 1.82) is 0 Å². The number of hydrogen-bond acceptors (Lipinski definition) is 7. The molecule has 3 aromatic carbocycles. The van der Waals surface area contributed by atoms with Gasteiger partial charge in [0.05, 0.1) is 18.0 Å². The number of likely N-dealkylation sites (tertiary alicyclic amines) is 1. The van der Waals surface area contributed by atoms with Crippen molar-refractivity contribution < 1.29 is 0 Å². The maximum absolute atomic E-state index is 4.77. The summed E-state index contributed by atoms with van der Waals surface area (Å²) in [6.07, 6.45) is 9.40. The van der Waals surface area contributed by atoms with E-state index in [4.69, 9.17) is 15.1 Å². The SMILES string of the molecule is C=CCCC(C(=C)NC)c1ccc(CCN2CCC(c3ccc(-c4cnc5[nH]nc(-c6ccc(CNC(=C)C7=NC(C(C)(C)C)=NC7)c(C)c6)c5c4)cc3)CC2)cc1. The van der Waals surface area contributed by atoms with Crippen molar-refractivity contribution in [3.8, 4) is 22.4 Å². The van der Waals surface area contributed by atoms with Crippen molar-refractivity contribution in [3.63, 3.8) is 0 Å². The average Bonchev–Trinajstić information content (AvgIpc) is 3.92.